The number of thiazole rings is 1. The number of hydrogen-bond donors (Lipinski definition) is 5. The molecule has 11 nitrogen and oxygen atoms in total. The number of aromatic nitrogens is 1. The number of carboxylic acids is 2. The Balaban J connectivity index is 1.37. The van der Waals surface area contributed by atoms with Crippen molar-refractivity contribution in [2.45, 2.75) is 38.6 Å². The van der Waals surface area contributed by atoms with Gasteiger partial charge in [-0.3, -0.25) is 5.32 Å². The maximum Gasteiger partial charge on any atom is 0.335 e. The molecule has 3 aromatic rings. The molecule has 0 spiro atoms. The van der Waals surface area contributed by atoms with Crippen LogP contribution in [0.1, 0.15) is 51.1 Å². The van der Waals surface area contributed by atoms with Gasteiger partial charge < -0.3 is 25.7 Å². The van der Waals surface area contributed by atoms with Crippen LogP contribution in [0.4, 0.5) is 26.1 Å². The van der Waals surface area contributed by atoms with Crippen LogP contribution >= 0.6 is 11.3 Å². The van der Waals surface area contributed by atoms with Gasteiger partial charge in [0.15, 0.2) is 5.13 Å². The Bertz CT molecular complexity index is 1340. The quantitative estimate of drug-likeness (QED) is 0.271. The van der Waals surface area contributed by atoms with Gasteiger partial charge in [-0.15, -0.1) is 11.3 Å². The van der Waals surface area contributed by atoms with Crippen LogP contribution in [0.3, 0.4) is 0 Å². The number of urea groups is 2. The van der Waals surface area contributed by atoms with Crippen molar-refractivity contribution in [1.82, 2.24) is 9.88 Å². The van der Waals surface area contributed by atoms with Crippen molar-refractivity contribution < 1.29 is 29.4 Å². The van der Waals surface area contributed by atoms with Gasteiger partial charge in [0, 0.05) is 35.3 Å². The van der Waals surface area contributed by atoms with Gasteiger partial charge in [0.2, 0.25) is 0 Å². The smallest absolute Gasteiger partial charge is 0.335 e. The average Bonchev–Trinajstić information content (AvgIpc) is 3.29. The summed E-state index contributed by atoms with van der Waals surface area (Å²) in [4.78, 5) is 54.9. The van der Waals surface area contributed by atoms with Crippen molar-refractivity contribution in [3.63, 3.8) is 0 Å². The van der Waals surface area contributed by atoms with Crippen LogP contribution in [0.5, 0.6) is 0 Å². The highest BCUT2D eigenvalue weighted by atomic mass is 32.1. The summed E-state index contributed by atoms with van der Waals surface area (Å²) < 4.78 is 0. The van der Waals surface area contributed by atoms with Gasteiger partial charge in [-0.2, -0.15) is 0 Å². The fourth-order valence-corrected chi connectivity index (χ4v) is 5.29. The van der Waals surface area contributed by atoms with E-state index in [2.05, 4.69) is 20.9 Å². The number of fused-ring (bicyclic) bond motifs is 1. The molecule has 0 bridgehead atoms. The number of carbonyl (C=O) groups excluding carboxylic acids is 2. The molecular weight excluding hydrogens is 510 g/mol. The molecule has 1 heterocycles. The highest BCUT2D eigenvalue weighted by Gasteiger charge is 2.30. The summed E-state index contributed by atoms with van der Waals surface area (Å²) in [6.45, 7) is 2.56. The second-order valence-electron chi connectivity index (χ2n) is 8.75. The molecular formula is C26H27N5O6S. The number of amides is 4. The minimum Gasteiger partial charge on any atom is -0.478 e. The summed E-state index contributed by atoms with van der Waals surface area (Å²) in [5.74, 6) is -2.07. The first-order valence-corrected chi connectivity index (χ1v) is 12.9. The predicted molar refractivity (Wildman–Crippen MR) is 143 cm³/mol. The molecule has 2 aromatic carbocycles. The molecule has 5 N–H and O–H groups in total. The van der Waals surface area contributed by atoms with Gasteiger partial charge >= 0.3 is 24.0 Å². The first-order valence-electron chi connectivity index (χ1n) is 12.0. The van der Waals surface area contributed by atoms with E-state index in [1.807, 2.05) is 6.92 Å². The largest absolute Gasteiger partial charge is 0.478 e. The third-order valence-corrected chi connectivity index (χ3v) is 7.11. The summed E-state index contributed by atoms with van der Waals surface area (Å²) >= 11 is 1.37. The van der Waals surface area contributed by atoms with Crippen LogP contribution in [-0.2, 0) is 12.8 Å². The summed E-state index contributed by atoms with van der Waals surface area (Å²) in [5, 5.41) is 26.7. The van der Waals surface area contributed by atoms with Gasteiger partial charge in [0.25, 0.3) is 0 Å². The van der Waals surface area contributed by atoms with E-state index in [-0.39, 0.29) is 23.2 Å². The van der Waals surface area contributed by atoms with Gasteiger partial charge in [0.1, 0.15) is 0 Å². The zero-order valence-corrected chi connectivity index (χ0v) is 21.4. The lowest BCUT2D eigenvalue weighted by Crippen LogP contribution is -2.45. The molecule has 1 atom stereocenters. The normalized spacial score (nSPS) is 14.2. The van der Waals surface area contributed by atoms with E-state index in [1.165, 1.54) is 47.7 Å². The number of nitrogens with one attached hydrogen (secondary N) is 3. The number of rotatable bonds is 8. The zero-order valence-electron chi connectivity index (χ0n) is 20.6. The monoisotopic (exact) mass is 537 g/mol. The summed E-state index contributed by atoms with van der Waals surface area (Å²) in [7, 11) is 0. The predicted octanol–water partition coefficient (Wildman–Crippen LogP) is 4.98. The number of anilines is 3. The number of hydrogen-bond acceptors (Lipinski definition) is 6. The average molecular weight is 538 g/mol. The number of aryl methyl sites for hydroxylation is 1. The Labute approximate surface area is 222 Å². The first kappa shape index (κ1) is 26.6. The molecule has 198 valence electrons. The fraction of sp³-hybridized carbons (Fsp3) is 0.269. The molecule has 1 aliphatic carbocycles. The summed E-state index contributed by atoms with van der Waals surface area (Å²) in [6, 6.07) is 11.1. The lowest BCUT2D eigenvalue weighted by Gasteiger charge is -2.33. The maximum atomic E-state index is 13.1. The molecule has 0 saturated heterocycles. The van der Waals surface area contributed by atoms with E-state index in [1.54, 1.807) is 17.0 Å². The van der Waals surface area contributed by atoms with Gasteiger partial charge in [-0.1, -0.05) is 6.92 Å². The highest BCUT2D eigenvalue weighted by Crippen LogP contribution is 2.32. The third kappa shape index (κ3) is 6.45. The van der Waals surface area contributed by atoms with Gasteiger partial charge in [-0.05, 0) is 67.8 Å². The van der Waals surface area contributed by atoms with E-state index < -0.39 is 18.0 Å². The molecule has 0 saturated carbocycles. The molecule has 0 fully saturated rings. The van der Waals surface area contributed by atoms with Crippen molar-refractivity contribution in [2.75, 3.05) is 22.5 Å². The van der Waals surface area contributed by atoms with E-state index in [4.69, 9.17) is 10.2 Å². The Kier molecular flexibility index (Phi) is 8.22. The molecule has 1 aliphatic rings. The standard InChI is InChI=1S/C26H27N5O6S/c1-2-13-31(26(37)28-18-9-5-16(6-10-18)23(34)35)19-11-12-20-21(14-19)38-25(29-20)30-24(36)27-17-7-3-15(4-8-17)22(32)33/h3-10,19H,2,11-14H2,1H3,(H,28,37)(H,32,33)(H,34,35)(H2,27,29,30,36). The Morgan fingerprint density at radius 3 is 2.05 bits per heavy atom. The summed E-state index contributed by atoms with van der Waals surface area (Å²) in [5.41, 5.74) is 2.14. The molecule has 4 rings (SSSR count). The van der Waals surface area contributed by atoms with Crippen molar-refractivity contribution in [3.05, 3.63) is 70.2 Å². The molecule has 1 unspecified atom stereocenters. The number of carboxylic acid groups (broad SMARTS) is 2. The molecule has 4 amide bonds. The minimum absolute atomic E-state index is 0.0457. The van der Waals surface area contributed by atoms with E-state index in [9.17, 15) is 19.2 Å². The first-order chi connectivity index (χ1) is 18.2. The van der Waals surface area contributed by atoms with Crippen LogP contribution in [0.15, 0.2) is 48.5 Å². The molecule has 0 aliphatic heterocycles. The summed E-state index contributed by atoms with van der Waals surface area (Å²) in [6.07, 6.45) is 2.77. The van der Waals surface area contributed by atoms with Gasteiger partial charge in [-0.25, -0.2) is 24.2 Å². The van der Waals surface area contributed by atoms with Gasteiger partial charge in [0.05, 0.1) is 16.8 Å². The maximum absolute atomic E-state index is 13.1. The van der Waals surface area contributed by atoms with E-state index in [0.29, 0.717) is 35.9 Å². The van der Waals surface area contributed by atoms with Crippen LogP contribution < -0.4 is 16.0 Å². The third-order valence-electron chi connectivity index (χ3n) is 6.07. The Hall–Kier alpha value is -4.45. The second-order valence-corrected chi connectivity index (χ2v) is 9.84. The Morgan fingerprint density at radius 2 is 1.50 bits per heavy atom. The van der Waals surface area contributed by atoms with Crippen LogP contribution in [0.25, 0.3) is 0 Å². The Morgan fingerprint density at radius 1 is 0.921 bits per heavy atom. The number of benzene rings is 2. The number of carbonyl (C=O) groups is 4. The number of nitrogens with zero attached hydrogens (tertiary/aromatic N) is 2. The lowest BCUT2D eigenvalue weighted by atomic mass is 9.96. The minimum atomic E-state index is -1.04. The van der Waals surface area contributed by atoms with Crippen LogP contribution in [-0.4, -0.2) is 56.7 Å². The number of aromatic carboxylic acids is 2. The second kappa shape index (κ2) is 11.7. The zero-order chi connectivity index (χ0) is 27.2. The SMILES string of the molecule is CCCN(C(=O)Nc1ccc(C(=O)O)cc1)C1CCc2nc(NC(=O)Nc3ccc(C(=O)O)cc3)sc2C1. The van der Waals surface area contributed by atoms with E-state index in [0.717, 1.165) is 23.4 Å². The van der Waals surface area contributed by atoms with Crippen molar-refractivity contribution in [1.29, 1.82) is 0 Å². The van der Waals surface area contributed by atoms with Crippen LogP contribution in [0.2, 0.25) is 0 Å². The molecule has 0 radical (unpaired) electrons. The molecule has 12 heteroatoms. The lowest BCUT2D eigenvalue weighted by molar-refractivity contribution is 0.0686. The van der Waals surface area contributed by atoms with Crippen molar-refractivity contribution in [2.24, 2.45) is 0 Å². The molecule has 38 heavy (non-hydrogen) atoms. The van der Waals surface area contributed by atoms with Crippen LogP contribution in [0, 0.1) is 0 Å². The molecule has 1 aromatic heterocycles. The topological polar surface area (TPSA) is 161 Å². The fourth-order valence-electron chi connectivity index (χ4n) is 4.21. The van der Waals surface area contributed by atoms with E-state index >= 15 is 0 Å². The highest BCUT2D eigenvalue weighted by molar-refractivity contribution is 7.15. The van der Waals surface area contributed by atoms with Crippen molar-refractivity contribution in [3.8, 4) is 0 Å². The van der Waals surface area contributed by atoms with Crippen molar-refractivity contribution >= 4 is 51.8 Å².